The van der Waals surface area contributed by atoms with Gasteiger partial charge in [0.25, 0.3) is 5.91 Å². The van der Waals surface area contributed by atoms with E-state index in [1.54, 1.807) is 30.3 Å². The van der Waals surface area contributed by atoms with Crippen LogP contribution in [0.25, 0.3) is 0 Å². The summed E-state index contributed by atoms with van der Waals surface area (Å²) in [7, 11) is 1.45. The molecule has 0 spiro atoms. The molecule has 0 aromatic heterocycles. The maximum atomic E-state index is 13.0. The molecule has 2 aliphatic rings. The summed E-state index contributed by atoms with van der Waals surface area (Å²) in [6, 6.07) is 17.3. The van der Waals surface area contributed by atoms with Crippen LogP contribution in [0.3, 0.4) is 0 Å². The third kappa shape index (κ3) is 5.07. The Bertz CT molecular complexity index is 1400. The van der Waals surface area contributed by atoms with Gasteiger partial charge in [0, 0.05) is 6.54 Å². The van der Waals surface area contributed by atoms with E-state index in [-0.39, 0.29) is 30.6 Å². The minimum absolute atomic E-state index is 0.0121. The van der Waals surface area contributed by atoms with Crippen LogP contribution in [0.5, 0.6) is 17.2 Å². The largest absolute Gasteiger partial charge is 0.496 e. The van der Waals surface area contributed by atoms with Gasteiger partial charge in [-0.3, -0.25) is 14.4 Å². The van der Waals surface area contributed by atoms with Crippen molar-refractivity contribution in [2.75, 3.05) is 25.4 Å². The van der Waals surface area contributed by atoms with Gasteiger partial charge in [-0.2, -0.15) is 0 Å². The average molecular weight is 517 g/mol. The molecule has 1 saturated heterocycles. The molecule has 194 valence electrons. The maximum Gasteiger partial charge on any atom is 0.338 e. The van der Waals surface area contributed by atoms with Gasteiger partial charge in [-0.1, -0.05) is 18.2 Å². The number of carbonyl (C=O) groups is 4. The third-order valence-corrected chi connectivity index (χ3v) is 6.24. The fourth-order valence-electron chi connectivity index (χ4n) is 4.27. The molecule has 2 heterocycles. The van der Waals surface area contributed by atoms with Crippen molar-refractivity contribution >= 4 is 29.3 Å². The van der Waals surface area contributed by atoms with Crippen LogP contribution in [0, 0.1) is 0 Å². The summed E-state index contributed by atoms with van der Waals surface area (Å²) in [5.41, 5.74) is 1.72. The predicted octanol–water partition coefficient (Wildman–Crippen LogP) is 2.89. The second kappa shape index (κ2) is 10.7. The molecule has 1 fully saturated rings. The highest BCUT2D eigenvalue weighted by molar-refractivity contribution is 6.22. The first-order valence-electron chi connectivity index (χ1n) is 11.9. The van der Waals surface area contributed by atoms with Crippen LogP contribution in [-0.2, 0) is 20.9 Å². The van der Waals surface area contributed by atoms with Crippen LogP contribution < -0.4 is 24.4 Å². The fourth-order valence-corrected chi connectivity index (χ4v) is 4.27. The minimum atomic E-state index is -0.706. The van der Waals surface area contributed by atoms with E-state index in [0.717, 1.165) is 10.5 Å². The molecule has 1 unspecified atom stereocenters. The van der Waals surface area contributed by atoms with Crippen LogP contribution in [-0.4, -0.2) is 50.1 Å². The van der Waals surface area contributed by atoms with Gasteiger partial charge in [-0.05, 0) is 54.1 Å². The maximum absolute atomic E-state index is 13.0. The first kappa shape index (κ1) is 25.0. The lowest BCUT2D eigenvalue weighted by Gasteiger charge is -2.16. The monoisotopic (exact) mass is 516 g/mol. The lowest BCUT2D eigenvalue weighted by molar-refractivity contribution is -0.121. The van der Waals surface area contributed by atoms with Crippen molar-refractivity contribution in [2.45, 2.75) is 19.0 Å². The first-order valence-corrected chi connectivity index (χ1v) is 11.9. The highest BCUT2D eigenvalue weighted by Crippen LogP contribution is 2.32. The quantitative estimate of drug-likeness (QED) is 0.260. The number of rotatable bonds is 9. The standard InChI is InChI=1S/C28H24N2O8/c1-35-23-5-3-2-4-20(23)22(31)15-36-28(34)18-7-9-19(10-8-18)30-26(32)13-21(27(30)33)29-14-17-6-11-24-25(12-17)38-16-37-24/h2-12,21,29H,13-16H2,1H3. The van der Waals surface area contributed by atoms with Gasteiger partial charge in [-0.25, -0.2) is 9.69 Å². The average Bonchev–Trinajstić information content (AvgIpc) is 3.53. The SMILES string of the molecule is COc1ccccc1C(=O)COC(=O)c1ccc(N2C(=O)CC(NCc3ccc4c(c3)OCO4)C2=O)cc1. The number of Topliss-reactive ketones (excluding diaryl/α,β-unsaturated/α-hetero) is 1. The summed E-state index contributed by atoms with van der Waals surface area (Å²) in [5, 5.41) is 3.12. The molecule has 0 radical (unpaired) electrons. The number of carbonyl (C=O) groups excluding carboxylic acids is 4. The van der Waals surface area contributed by atoms with Crippen LogP contribution >= 0.6 is 0 Å². The molecule has 0 saturated carbocycles. The number of ether oxygens (including phenoxy) is 4. The molecular formula is C28H24N2O8. The highest BCUT2D eigenvalue weighted by atomic mass is 16.7. The lowest BCUT2D eigenvalue weighted by atomic mass is 10.1. The van der Waals surface area contributed by atoms with Gasteiger partial charge in [0.1, 0.15) is 5.75 Å². The van der Waals surface area contributed by atoms with Crippen LogP contribution in [0.1, 0.15) is 32.7 Å². The molecule has 1 N–H and O–H groups in total. The number of imide groups is 1. The molecule has 2 aliphatic heterocycles. The number of hydrogen-bond acceptors (Lipinski definition) is 9. The Morgan fingerprint density at radius 3 is 2.55 bits per heavy atom. The molecular weight excluding hydrogens is 492 g/mol. The van der Waals surface area contributed by atoms with Crippen molar-refractivity contribution in [3.8, 4) is 17.2 Å². The van der Waals surface area contributed by atoms with E-state index in [1.807, 2.05) is 12.1 Å². The number of ketones is 1. The van der Waals surface area contributed by atoms with Gasteiger partial charge in [0.15, 0.2) is 18.1 Å². The van der Waals surface area contributed by atoms with E-state index < -0.39 is 24.4 Å². The molecule has 0 aliphatic carbocycles. The minimum Gasteiger partial charge on any atom is -0.496 e. The number of methoxy groups -OCH3 is 1. The van der Waals surface area contributed by atoms with Crippen LogP contribution in [0.2, 0.25) is 0 Å². The normalized spacial score (nSPS) is 16.0. The highest BCUT2D eigenvalue weighted by Gasteiger charge is 2.39. The summed E-state index contributed by atoms with van der Waals surface area (Å²) < 4.78 is 21.0. The number of fused-ring (bicyclic) bond motifs is 1. The molecule has 2 amide bonds. The second-order valence-corrected chi connectivity index (χ2v) is 8.64. The summed E-state index contributed by atoms with van der Waals surface area (Å²) in [6.07, 6.45) is 0.0121. The molecule has 3 aromatic carbocycles. The number of amides is 2. The third-order valence-electron chi connectivity index (χ3n) is 6.24. The Morgan fingerprint density at radius 2 is 1.76 bits per heavy atom. The van der Waals surface area contributed by atoms with Gasteiger partial charge in [-0.15, -0.1) is 0 Å². The fraction of sp³-hybridized carbons (Fsp3) is 0.214. The summed E-state index contributed by atoms with van der Waals surface area (Å²) >= 11 is 0. The van der Waals surface area contributed by atoms with E-state index in [0.29, 0.717) is 35.0 Å². The van der Waals surface area contributed by atoms with Gasteiger partial charge in [0.05, 0.1) is 36.4 Å². The summed E-state index contributed by atoms with van der Waals surface area (Å²) in [4.78, 5) is 51.6. The Labute approximate surface area is 218 Å². The molecule has 0 bridgehead atoms. The molecule has 10 nitrogen and oxygen atoms in total. The van der Waals surface area contributed by atoms with E-state index in [1.165, 1.54) is 31.4 Å². The number of nitrogens with one attached hydrogen (secondary N) is 1. The number of para-hydroxylation sites is 1. The topological polar surface area (TPSA) is 120 Å². The first-order chi connectivity index (χ1) is 18.4. The Balaban J connectivity index is 1.17. The van der Waals surface area contributed by atoms with E-state index in [4.69, 9.17) is 18.9 Å². The van der Waals surface area contributed by atoms with Crippen LogP contribution in [0.15, 0.2) is 66.7 Å². The number of esters is 1. The van der Waals surface area contributed by atoms with Crippen molar-refractivity contribution in [2.24, 2.45) is 0 Å². The van der Waals surface area contributed by atoms with E-state index in [2.05, 4.69) is 5.32 Å². The zero-order valence-electron chi connectivity index (χ0n) is 20.5. The van der Waals surface area contributed by atoms with Crippen molar-refractivity contribution in [3.05, 3.63) is 83.4 Å². The second-order valence-electron chi connectivity index (χ2n) is 8.64. The molecule has 3 aromatic rings. The molecule has 5 rings (SSSR count). The molecule has 38 heavy (non-hydrogen) atoms. The number of hydrogen-bond donors (Lipinski definition) is 1. The zero-order chi connectivity index (χ0) is 26.6. The van der Waals surface area contributed by atoms with Gasteiger partial charge in [0.2, 0.25) is 18.5 Å². The Kier molecular flexibility index (Phi) is 7.05. The number of benzene rings is 3. The van der Waals surface area contributed by atoms with Crippen molar-refractivity contribution in [1.82, 2.24) is 5.32 Å². The van der Waals surface area contributed by atoms with Crippen LogP contribution in [0.4, 0.5) is 5.69 Å². The molecule has 1 atom stereocenters. The van der Waals surface area contributed by atoms with Crippen molar-refractivity contribution in [3.63, 3.8) is 0 Å². The van der Waals surface area contributed by atoms with Gasteiger partial charge < -0.3 is 24.3 Å². The Morgan fingerprint density at radius 1 is 1.00 bits per heavy atom. The Hall–Kier alpha value is -4.70. The summed E-state index contributed by atoms with van der Waals surface area (Å²) in [5.74, 6) is -0.141. The smallest absolute Gasteiger partial charge is 0.338 e. The molecule has 10 heteroatoms. The lowest BCUT2D eigenvalue weighted by Crippen LogP contribution is -2.38. The van der Waals surface area contributed by atoms with E-state index >= 15 is 0 Å². The van der Waals surface area contributed by atoms with Gasteiger partial charge >= 0.3 is 5.97 Å². The number of anilines is 1. The van der Waals surface area contributed by atoms with Crippen molar-refractivity contribution in [1.29, 1.82) is 0 Å². The summed E-state index contributed by atoms with van der Waals surface area (Å²) in [6.45, 7) is 0.0850. The van der Waals surface area contributed by atoms with E-state index in [9.17, 15) is 19.2 Å². The zero-order valence-corrected chi connectivity index (χ0v) is 20.5. The van der Waals surface area contributed by atoms with Crippen molar-refractivity contribution < 1.29 is 38.1 Å². The predicted molar refractivity (Wildman–Crippen MR) is 134 cm³/mol. The number of nitrogens with zero attached hydrogens (tertiary/aromatic N) is 1.